The summed E-state index contributed by atoms with van der Waals surface area (Å²) in [6, 6.07) is 0. The quantitative estimate of drug-likeness (QED) is 0.724. The molecule has 1 N–H and O–H groups in total. The zero-order valence-electron chi connectivity index (χ0n) is 16.7. The zero-order valence-corrected chi connectivity index (χ0v) is 17.5. The average Bonchev–Trinajstić information content (AvgIpc) is 3.30. The molecule has 1 saturated heterocycles. The van der Waals surface area contributed by atoms with E-state index in [-0.39, 0.29) is 5.56 Å². The Morgan fingerprint density at radius 1 is 1.29 bits per heavy atom. The number of rotatable bonds is 4. The highest BCUT2D eigenvalue weighted by atomic mass is 32.1. The van der Waals surface area contributed by atoms with Gasteiger partial charge in [0.15, 0.2) is 5.82 Å². The molecule has 9 heteroatoms. The molecule has 1 fully saturated rings. The minimum Gasteiger partial charge on any atom is -0.297 e. The third-order valence-electron chi connectivity index (χ3n) is 5.36. The molecule has 0 amide bonds. The summed E-state index contributed by atoms with van der Waals surface area (Å²) >= 11 is 1.53. The molecule has 1 aliphatic heterocycles. The molecule has 28 heavy (non-hydrogen) atoms. The van der Waals surface area contributed by atoms with Crippen LogP contribution in [0.2, 0.25) is 0 Å². The number of aromatic amines is 1. The van der Waals surface area contributed by atoms with Gasteiger partial charge in [-0.3, -0.25) is 14.8 Å². The molecule has 3 aromatic rings. The lowest BCUT2D eigenvalue weighted by molar-refractivity contribution is 0.195. The highest BCUT2D eigenvalue weighted by Gasteiger charge is 2.25. The van der Waals surface area contributed by atoms with Crippen LogP contribution in [-0.2, 0) is 13.6 Å². The van der Waals surface area contributed by atoms with Crippen molar-refractivity contribution in [1.29, 1.82) is 0 Å². The normalized spacial score (nSPS) is 17.9. The second kappa shape index (κ2) is 7.56. The van der Waals surface area contributed by atoms with Gasteiger partial charge in [0.1, 0.15) is 10.8 Å². The van der Waals surface area contributed by atoms with E-state index in [1.165, 1.54) is 16.0 Å². The fourth-order valence-electron chi connectivity index (χ4n) is 3.78. The van der Waals surface area contributed by atoms with Crippen LogP contribution in [0, 0.1) is 20.8 Å². The van der Waals surface area contributed by atoms with Gasteiger partial charge in [-0.05, 0) is 45.7 Å². The van der Waals surface area contributed by atoms with E-state index < -0.39 is 0 Å². The first kappa shape index (κ1) is 18.9. The number of piperidine rings is 1. The molecule has 0 aliphatic carbocycles. The molecular weight excluding hydrogens is 374 g/mol. The Morgan fingerprint density at radius 3 is 2.86 bits per heavy atom. The Kier molecular flexibility index (Phi) is 5.11. The molecule has 4 heterocycles. The second-order valence-electron chi connectivity index (χ2n) is 7.51. The molecule has 4 rings (SSSR count). The predicted octanol–water partition coefficient (Wildman–Crippen LogP) is 2.33. The number of hydrogen-bond donors (Lipinski definition) is 1. The predicted molar refractivity (Wildman–Crippen MR) is 108 cm³/mol. The van der Waals surface area contributed by atoms with Crippen molar-refractivity contribution in [2.24, 2.45) is 7.05 Å². The van der Waals surface area contributed by atoms with E-state index in [1.54, 1.807) is 7.05 Å². The van der Waals surface area contributed by atoms with Gasteiger partial charge in [-0.1, -0.05) is 0 Å². The van der Waals surface area contributed by atoms with Crippen molar-refractivity contribution in [3.63, 3.8) is 0 Å². The highest BCUT2D eigenvalue weighted by molar-refractivity contribution is 7.13. The molecular formula is C19H25N7OS. The van der Waals surface area contributed by atoms with Crippen LogP contribution < -0.4 is 5.56 Å². The molecule has 1 aliphatic rings. The van der Waals surface area contributed by atoms with Crippen LogP contribution in [0.4, 0.5) is 0 Å². The maximum atomic E-state index is 12.6. The van der Waals surface area contributed by atoms with Crippen molar-refractivity contribution in [2.45, 2.75) is 46.1 Å². The number of H-pyrrole nitrogens is 1. The van der Waals surface area contributed by atoms with E-state index in [0.717, 1.165) is 66.1 Å². The van der Waals surface area contributed by atoms with E-state index >= 15 is 0 Å². The van der Waals surface area contributed by atoms with Crippen LogP contribution >= 0.6 is 11.3 Å². The highest BCUT2D eigenvalue weighted by Crippen LogP contribution is 2.28. The fraction of sp³-hybridized carbons (Fsp3) is 0.526. The number of nitrogens with zero attached hydrogens (tertiary/aromatic N) is 6. The number of nitrogens with one attached hydrogen (secondary N) is 1. The Morgan fingerprint density at radius 2 is 2.11 bits per heavy atom. The number of aryl methyl sites for hydroxylation is 3. The molecule has 1 atom stereocenters. The van der Waals surface area contributed by atoms with Crippen LogP contribution in [0.5, 0.6) is 0 Å². The SMILES string of the molecule is Cc1nc([C@H]2CCCN(Cc3csc(-c4c(C)c(C)nn(C)c4=O)n3)C2)n[nH]1. The van der Waals surface area contributed by atoms with Crippen LogP contribution in [0.3, 0.4) is 0 Å². The van der Waals surface area contributed by atoms with Crippen LogP contribution in [0.15, 0.2) is 10.2 Å². The summed E-state index contributed by atoms with van der Waals surface area (Å²) in [4.78, 5) is 24.3. The van der Waals surface area contributed by atoms with Crippen LogP contribution in [0.25, 0.3) is 10.6 Å². The lowest BCUT2D eigenvalue weighted by Crippen LogP contribution is -2.34. The standard InChI is InChI=1S/C19H25N7OS/c1-11-12(2)24-25(4)19(27)16(11)18-21-15(10-28-18)9-26-7-5-6-14(8-26)17-20-13(3)22-23-17/h10,14H,5-9H2,1-4H3,(H,20,22,23)/t14-/m0/s1. The van der Waals surface area contributed by atoms with Crippen molar-refractivity contribution >= 4 is 11.3 Å². The van der Waals surface area contributed by atoms with Gasteiger partial charge in [0.05, 0.1) is 17.0 Å². The summed E-state index contributed by atoms with van der Waals surface area (Å²) in [6.07, 6.45) is 2.24. The molecule has 0 bridgehead atoms. The minimum absolute atomic E-state index is 0.0954. The van der Waals surface area contributed by atoms with Gasteiger partial charge in [0.2, 0.25) is 0 Å². The van der Waals surface area contributed by atoms with E-state index in [4.69, 9.17) is 4.98 Å². The summed E-state index contributed by atoms with van der Waals surface area (Å²) in [6.45, 7) is 8.54. The van der Waals surface area contributed by atoms with Crippen LogP contribution in [-0.4, -0.2) is 47.9 Å². The lowest BCUT2D eigenvalue weighted by atomic mass is 9.97. The van der Waals surface area contributed by atoms with E-state index in [1.807, 2.05) is 20.8 Å². The van der Waals surface area contributed by atoms with E-state index in [0.29, 0.717) is 11.5 Å². The molecule has 0 saturated carbocycles. The summed E-state index contributed by atoms with van der Waals surface area (Å²) in [5.74, 6) is 2.13. The maximum absolute atomic E-state index is 12.6. The first-order valence-corrected chi connectivity index (χ1v) is 10.4. The second-order valence-corrected chi connectivity index (χ2v) is 8.37. The van der Waals surface area contributed by atoms with E-state index in [2.05, 4.69) is 30.6 Å². The number of aromatic nitrogens is 6. The monoisotopic (exact) mass is 399 g/mol. The first-order valence-electron chi connectivity index (χ1n) is 9.53. The molecule has 0 spiro atoms. The Balaban J connectivity index is 1.52. The van der Waals surface area contributed by atoms with Crippen molar-refractivity contribution in [1.82, 2.24) is 34.8 Å². The third-order valence-corrected chi connectivity index (χ3v) is 6.27. The zero-order chi connectivity index (χ0) is 19.8. The number of likely N-dealkylation sites (tertiary alicyclic amines) is 1. The summed E-state index contributed by atoms with van der Waals surface area (Å²) < 4.78 is 1.40. The maximum Gasteiger partial charge on any atom is 0.277 e. The van der Waals surface area contributed by atoms with Crippen molar-refractivity contribution < 1.29 is 0 Å². The molecule has 0 unspecified atom stereocenters. The average molecular weight is 400 g/mol. The first-order chi connectivity index (χ1) is 13.4. The van der Waals surface area contributed by atoms with Crippen LogP contribution in [0.1, 0.15) is 47.4 Å². The van der Waals surface area contributed by atoms with Gasteiger partial charge in [0.25, 0.3) is 5.56 Å². The summed E-state index contributed by atoms with van der Waals surface area (Å²) in [5, 5.41) is 14.4. The van der Waals surface area contributed by atoms with Gasteiger partial charge in [-0.25, -0.2) is 14.6 Å². The van der Waals surface area contributed by atoms with Gasteiger partial charge >= 0.3 is 0 Å². The smallest absolute Gasteiger partial charge is 0.277 e. The third kappa shape index (κ3) is 3.64. The molecule has 3 aromatic heterocycles. The van der Waals surface area contributed by atoms with Gasteiger partial charge in [-0.2, -0.15) is 10.2 Å². The lowest BCUT2D eigenvalue weighted by Gasteiger charge is -2.30. The van der Waals surface area contributed by atoms with Gasteiger partial charge < -0.3 is 0 Å². The molecule has 8 nitrogen and oxygen atoms in total. The summed E-state index contributed by atoms with van der Waals surface area (Å²) in [5.41, 5.74) is 3.33. The summed E-state index contributed by atoms with van der Waals surface area (Å²) in [7, 11) is 1.69. The Bertz CT molecular complexity index is 1050. The largest absolute Gasteiger partial charge is 0.297 e. The Hall–Kier alpha value is -2.39. The van der Waals surface area contributed by atoms with Gasteiger partial charge in [-0.15, -0.1) is 11.3 Å². The number of thiazole rings is 1. The molecule has 0 radical (unpaired) electrons. The van der Waals surface area contributed by atoms with Crippen molar-refractivity contribution in [3.05, 3.63) is 44.3 Å². The van der Waals surface area contributed by atoms with Crippen molar-refractivity contribution in [3.8, 4) is 10.6 Å². The molecule has 0 aromatic carbocycles. The topological polar surface area (TPSA) is 92.6 Å². The fourth-order valence-corrected chi connectivity index (χ4v) is 4.68. The Labute approximate surface area is 167 Å². The molecule has 148 valence electrons. The minimum atomic E-state index is -0.0954. The van der Waals surface area contributed by atoms with Crippen molar-refractivity contribution in [2.75, 3.05) is 13.1 Å². The number of hydrogen-bond acceptors (Lipinski definition) is 7. The van der Waals surface area contributed by atoms with E-state index in [9.17, 15) is 4.79 Å². The van der Waals surface area contributed by atoms with Gasteiger partial charge in [0, 0.05) is 31.4 Å².